The van der Waals surface area contributed by atoms with E-state index >= 15 is 0 Å². The van der Waals surface area contributed by atoms with Crippen LogP contribution in [0.2, 0.25) is 0 Å². The van der Waals surface area contributed by atoms with Gasteiger partial charge in [-0.15, -0.1) is 11.8 Å². The molecule has 2 atom stereocenters. The molecule has 16 heavy (non-hydrogen) atoms. The molecule has 0 saturated heterocycles. The van der Waals surface area contributed by atoms with Gasteiger partial charge in [0.2, 0.25) is 0 Å². The van der Waals surface area contributed by atoms with Crippen LogP contribution in [0.15, 0.2) is 5.03 Å². The van der Waals surface area contributed by atoms with Crippen LogP contribution in [0.1, 0.15) is 32.2 Å². The largest absolute Gasteiger partial charge is 0.392 e. The molecule has 2 unspecified atom stereocenters. The van der Waals surface area contributed by atoms with Crippen molar-refractivity contribution in [3.8, 4) is 0 Å². The standard InChI is InChI=1S/C11H19N3OS/c1-5-9-13-10(12)6(2)11(14-9)16-8(4)7(3)15/h7-8,15H,5H2,1-4H3,(H2,12,13,14). The van der Waals surface area contributed by atoms with Crippen LogP contribution in [0.5, 0.6) is 0 Å². The maximum Gasteiger partial charge on any atom is 0.131 e. The van der Waals surface area contributed by atoms with Gasteiger partial charge in [-0.25, -0.2) is 9.97 Å². The first-order valence-corrected chi connectivity index (χ1v) is 6.31. The molecule has 1 rings (SSSR count). The molecule has 1 aromatic heterocycles. The molecule has 0 spiro atoms. The average molecular weight is 241 g/mol. The summed E-state index contributed by atoms with van der Waals surface area (Å²) in [6, 6.07) is 0. The third-order valence-corrected chi connectivity index (χ3v) is 3.86. The van der Waals surface area contributed by atoms with Crippen LogP contribution < -0.4 is 5.73 Å². The van der Waals surface area contributed by atoms with Gasteiger partial charge in [0.05, 0.1) is 6.10 Å². The third kappa shape index (κ3) is 3.09. The van der Waals surface area contributed by atoms with Crippen molar-refractivity contribution in [2.24, 2.45) is 0 Å². The number of aliphatic hydroxyl groups excluding tert-OH is 1. The first-order valence-electron chi connectivity index (χ1n) is 5.43. The highest BCUT2D eigenvalue weighted by Crippen LogP contribution is 2.28. The summed E-state index contributed by atoms with van der Waals surface area (Å²) < 4.78 is 0. The number of rotatable bonds is 4. The van der Waals surface area contributed by atoms with E-state index in [-0.39, 0.29) is 11.4 Å². The minimum absolute atomic E-state index is 0.0951. The molecular formula is C11H19N3OS. The normalized spacial score (nSPS) is 14.8. The zero-order chi connectivity index (χ0) is 12.3. The highest BCUT2D eigenvalue weighted by atomic mass is 32.2. The van der Waals surface area contributed by atoms with Gasteiger partial charge in [-0.2, -0.15) is 0 Å². The van der Waals surface area contributed by atoms with Crippen molar-refractivity contribution in [1.82, 2.24) is 9.97 Å². The minimum atomic E-state index is -0.370. The highest BCUT2D eigenvalue weighted by molar-refractivity contribution is 7.99. The SMILES string of the molecule is CCc1nc(N)c(C)c(SC(C)C(C)O)n1. The zero-order valence-corrected chi connectivity index (χ0v) is 11.0. The lowest BCUT2D eigenvalue weighted by atomic mass is 10.3. The molecule has 90 valence electrons. The molecule has 5 heteroatoms. The van der Waals surface area contributed by atoms with Crippen LogP contribution in [-0.2, 0) is 6.42 Å². The number of nitrogen functional groups attached to an aromatic ring is 1. The lowest BCUT2D eigenvalue weighted by Crippen LogP contribution is -2.16. The lowest BCUT2D eigenvalue weighted by molar-refractivity contribution is 0.196. The Hall–Kier alpha value is -0.810. The van der Waals surface area contributed by atoms with E-state index in [1.54, 1.807) is 18.7 Å². The van der Waals surface area contributed by atoms with E-state index in [1.807, 2.05) is 20.8 Å². The molecule has 0 amide bonds. The lowest BCUT2D eigenvalue weighted by Gasteiger charge is -2.15. The Balaban J connectivity index is 2.98. The zero-order valence-electron chi connectivity index (χ0n) is 10.2. The molecule has 0 saturated carbocycles. The number of nitrogens with two attached hydrogens (primary N) is 1. The topological polar surface area (TPSA) is 72.0 Å². The summed E-state index contributed by atoms with van der Waals surface area (Å²) in [6.07, 6.45) is 0.395. The average Bonchev–Trinajstić information content (AvgIpc) is 2.24. The number of thioether (sulfide) groups is 1. The van der Waals surface area contributed by atoms with Gasteiger partial charge >= 0.3 is 0 Å². The second kappa shape index (κ2) is 5.50. The van der Waals surface area contributed by atoms with E-state index < -0.39 is 0 Å². The number of aromatic nitrogens is 2. The number of nitrogens with zero attached hydrogens (tertiary/aromatic N) is 2. The van der Waals surface area contributed by atoms with Crippen LogP contribution in [-0.4, -0.2) is 26.4 Å². The van der Waals surface area contributed by atoms with Gasteiger partial charge in [0.1, 0.15) is 16.7 Å². The Morgan fingerprint density at radius 3 is 2.50 bits per heavy atom. The van der Waals surface area contributed by atoms with Gasteiger partial charge in [0.15, 0.2) is 0 Å². The highest BCUT2D eigenvalue weighted by Gasteiger charge is 2.15. The Kier molecular flexibility index (Phi) is 4.56. The third-order valence-electron chi connectivity index (χ3n) is 2.48. The van der Waals surface area contributed by atoms with Crippen molar-refractivity contribution in [2.75, 3.05) is 5.73 Å². The summed E-state index contributed by atoms with van der Waals surface area (Å²) in [5.74, 6) is 1.29. The second-order valence-corrected chi connectivity index (χ2v) is 5.24. The number of anilines is 1. The van der Waals surface area contributed by atoms with Gasteiger partial charge in [-0.05, 0) is 13.8 Å². The van der Waals surface area contributed by atoms with Crippen molar-refractivity contribution in [1.29, 1.82) is 0 Å². The second-order valence-electron chi connectivity index (χ2n) is 3.87. The van der Waals surface area contributed by atoms with Gasteiger partial charge < -0.3 is 10.8 Å². The van der Waals surface area contributed by atoms with E-state index in [1.165, 1.54) is 0 Å². The smallest absolute Gasteiger partial charge is 0.131 e. The van der Waals surface area contributed by atoms with Crippen LogP contribution >= 0.6 is 11.8 Å². The Morgan fingerprint density at radius 1 is 1.38 bits per heavy atom. The fraction of sp³-hybridized carbons (Fsp3) is 0.636. The maximum atomic E-state index is 9.47. The molecule has 0 fully saturated rings. The van der Waals surface area contributed by atoms with E-state index in [2.05, 4.69) is 9.97 Å². The minimum Gasteiger partial charge on any atom is -0.392 e. The van der Waals surface area contributed by atoms with Crippen molar-refractivity contribution in [3.05, 3.63) is 11.4 Å². The van der Waals surface area contributed by atoms with Crippen LogP contribution in [0.25, 0.3) is 0 Å². The number of hydrogen-bond donors (Lipinski definition) is 2. The van der Waals surface area contributed by atoms with Gasteiger partial charge in [0.25, 0.3) is 0 Å². The number of aliphatic hydroxyl groups is 1. The molecule has 4 nitrogen and oxygen atoms in total. The molecular weight excluding hydrogens is 222 g/mol. The summed E-state index contributed by atoms with van der Waals surface area (Å²) >= 11 is 1.54. The van der Waals surface area contributed by atoms with Gasteiger partial charge in [-0.3, -0.25) is 0 Å². The first kappa shape index (κ1) is 13.3. The summed E-state index contributed by atoms with van der Waals surface area (Å²) in [5.41, 5.74) is 6.72. The molecule has 0 aromatic carbocycles. The molecule has 1 aromatic rings. The predicted molar refractivity (Wildman–Crippen MR) is 67.6 cm³/mol. The summed E-state index contributed by atoms with van der Waals surface area (Å²) in [7, 11) is 0. The molecule has 0 radical (unpaired) electrons. The van der Waals surface area contributed by atoms with Crippen LogP contribution in [0.4, 0.5) is 5.82 Å². The molecule has 0 aliphatic carbocycles. The molecule has 0 aliphatic heterocycles. The number of aryl methyl sites for hydroxylation is 1. The van der Waals surface area contributed by atoms with E-state index in [0.717, 1.165) is 22.8 Å². The summed E-state index contributed by atoms with van der Waals surface area (Å²) in [4.78, 5) is 8.63. The Morgan fingerprint density at radius 2 is 2.00 bits per heavy atom. The summed E-state index contributed by atoms with van der Waals surface area (Å²) in [5, 5.41) is 10.4. The molecule has 0 aliphatic rings. The van der Waals surface area contributed by atoms with E-state index in [9.17, 15) is 5.11 Å². The maximum absolute atomic E-state index is 9.47. The van der Waals surface area contributed by atoms with Crippen molar-refractivity contribution < 1.29 is 5.11 Å². The van der Waals surface area contributed by atoms with Crippen LogP contribution in [0.3, 0.4) is 0 Å². The Labute approximate surface area is 101 Å². The quantitative estimate of drug-likeness (QED) is 0.621. The van der Waals surface area contributed by atoms with Crippen molar-refractivity contribution in [2.45, 2.75) is 50.5 Å². The monoisotopic (exact) mass is 241 g/mol. The van der Waals surface area contributed by atoms with Crippen LogP contribution in [0, 0.1) is 6.92 Å². The first-order chi connectivity index (χ1) is 7.45. The fourth-order valence-corrected chi connectivity index (χ4v) is 2.09. The van der Waals surface area contributed by atoms with E-state index in [4.69, 9.17) is 5.73 Å². The summed E-state index contributed by atoms with van der Waals surface area (Å²) in [6.45, 7) is 7.65. The fourth-order valence-electron chi connectivity index (χ4n) is 1.11. The predicted octanol–water partition coefficient (Wildman–Crippen LogP) is 1.79. The van der Waals surface area contributed by atoms with Crippen molar-refractivity contribution in [3.63, 3.8) is 0 Å². The number of hydrogen-bond acceptors (Lipinski definition) is 5. The van der Waals surface area contributed by atoms with Gasteiger partial charge in [0, 0.05) is 17.2 Å². The molecule has 3 N–H and O–H groups in total. The van der Waals surface area contributed by atoms with Gasteiger partial charge in [-0.1, -0.05) is 13.8 Å². The van der Waals surface area contributed by atoms with Crippen molar-refractivity contribution >= 4 is 17.6 Å². The molecule has 1 heterocycles. The van der Waals surface area contributed by atoms with E-state index in [0.29, 0.717) is 5.82 Å². The Bertz CT molecular complexity index is 368. The molecule has 0 bridgehead atoms.